The van der Waals surface area contributed by atoms with Crippen LogP contribution in [0.25, 0.3) is 0 Å². The van der Waals surface area contributed by atoms with E-state index in [1.54, 1.807) is 7.05 Å². The number of esters is 1. The van der Waals surface area contributed by atoms with Gasteiger partial charge < -0.3 is 10.5 Å². The Labute approximate surface area is 97.3 Å². The van der Waals surface area contributed by atoms with Gasteiger partial charge in [-0.15, -0.1) is 5.10 Å². The number of rotatable bonds is 2. The van der Waals surface area contributed by atoms with Crippen molar-refractivity contribution in [3.63, 3.8) is 0 Å². The first-order valence-electron chi connectivity index (χ1n) is 5.07. The molecule has 1 aliphatic heterocycles. The molecule has 1 aromatic rings. The molecule has 8 heteroatoms. The van der Waals surface area contributed by atoms with Crippen molar-refractivity contribution in [1.29, 1.82) is 0 Å². The smallest absolute Gasteiger partial charge is 0.311 e. The number of aromatic nitrogens is 3. The minimum Gasteiger partial charge on any atom is -0.469 e. The van der Waals surface area contributed by atoms with Gasteiger partial charge in [0, 0.05) is 20.0 Å². The van der Waals surface area contributed by atoms with Crippen molar-refractivity contribution in [2.75, 3.05) is 24.3 Å². The summed E-state index contributed by atoms with van der Waals surface area (Å²) < 4.78 is 5.98. The zero-order chi connectivity index (χ0) is 12.6. The van der Waals surface area contributed by atoms with Crippen LogP contribution in [0.2, 0.25) is 0 Å². The summed E-state index contributed by atoms with van der Waals surface area (Å²) in [5.41, 5.74) is 5.53. The van der Waals surface area contributed by atoms with Crippen LogP contribution < -0.4 is 10.6 Å². The minimum absolute atomic E-state index is 0.116. The lowest BCUT2D eigenvalue weighted by molar-refractivity contribution is -0.145. The number of hydrogen-bond donors (Lipinski definition) is 1. The zero-order valence-electron chi connectivity index (χ0n) is 9.58. The van der Waals surface area contributed by atoms with Crippen molar-refractivity contribution >= 4 is 23.8 Å². The molecular weight excluding hydrogens is 226 g/mol. The molecule has 1 unspecified atom stereocenters. The van der Waals surface area contributed by atoms with E-state index in [9.17, 15) is 9.59 Å². The van der Waals surface area contributed by atoms with E-state index in [1.807, 2.05) is 0 Å². The first-order valence-corrected chi connectivity index (χ1v) is 5.07. The fourth-order valence-electron chi connectivity index (χ4n) is 1.72. The lowest BCUT2D eigenvalue weighted by atomic mass is 10.1. The second-order valence-electron chi connectivity index (χ2n) is 3.82. The summed E-state index contributed by atoms with van der Waals surface area (Å²) in [6, 6.07) is 0. The third-order valence-electron chi connectivity index (χ3n) is 2.69. The topological polar surface area (TPSA) is 103 Å². The fourth-order valence-corrected chi connectivity index (χ4v) is 1.72. The number of anilines is 2. The molecule has 1 aliphatic rings. The van der Waals surface area contributed by atoms with Gasteiger partial charge >= 0.3 is 5.97 Å². The van der Waals surface area contributed by atoms with Gasteiger partial charge in [0.1, 0.15) is 0 Å². The maximum absolute atomic E-state index is 11.7. The number of amides is 1. The van der Waals surface area contributed by atoms with Crippen molar-refractivity contribution in [1.82, 2.24) is 14.8 Å². The molecule has 0 saturated carbocycles. The minimum atomic E-state index is -0.461. The Morgan fingerprint density at radius 2 is 2.29 bits per heavy atom. The lowest BCUT2D eigenvalue weighted by Gasteiger charge is -2.10. The summed E-state index contributed by atoms with van der Waals surface area (Å²) >= 11 is 0. The molecule has 1 fully saturated rings. The number of nitrogens with two attached hydrogens (primary N) is 1. The molecule has 1 amide bonds. The Morgan fingerprint density at radius 1 is 1.59 bits per heavy atom. The van der Waals surface area contributed by atoms with Crippen LogP contribution in [-0.4, -0.2) is 40.3 Å². The summed E-state index contributed by atoms with van der Waals surface area (Å²) in [6.45, 7) is 0.231. The molecular formula is C9H13N5O3. The quantitative estimate of drug-likeness (QED) is 0.658. The lowest BCUT2D eigenvalue weighted by Crippen LogP contribution is -2.27. The molecule has 0 radical (unpaired) electrons. The molecule has 2 heterocycles. The number of nitrogen functional groups attached to an aromatic ring is 1. The van der Waals surface area contributed by atoms with Crippen LogP contribution >= 0.6 is 0 Å². The second-order valence-corrected chi connectivity index (χ2v) is 3.82. The molecule has 2 N–H and O–H groups in total. The first-order chi connectivity index (χ1) is 8.02. The highest BCUT2D eigenvalue weighted by molar-refractivity contribution is 5.98. The number of carbonyl (C=O) groups is 2. The molecule has 8 nitrogen and oxygen atoms in total. The third kappa shape index (κ3) is 1.93. The van der Waals surface area contributed by atoms with Crippen LogP contribution in [0.5, 0.6) is 0 Å². The summed E-state index contributed by atoms with van der Waals surface area (Å²) in [7, 11) is 2.93. The van der Waals surface area contributed by atoms with E-state index < -0.39 is 11.9 Å². The Hall–Kier alpha value is -2.12. The Kier molecular flexibility index (Phi) is 2.70. The maximum atomic E-state index is 11.7. The van der Waals surface area contributed by atoms with Gasteiger partial charge in [-0.25, -0.2) is 4.68 Å². The Bertz CT molecular complexity index is 450. The van der Waals surface area contributed by atoms with E-state index >= 15 is 0 Å². The van der Waals surface area contributed by atoms with E-state index in [0.717, 1.165) is 0 Å². The monoisotopic (exact) mass is 239 g/mol. The van der Waals surface area contributed by atoms with Gasteiger partial charge in [-0.3, -0.25) is 14.5 Å². The van der Waals surface area contributed by atoms with Crippen LogP contribution in [0.4, 0.5) is 11.9 Å². The van der Waals surface area contributed by atoms with Gasteiger partial charge in [0.25, 0.3) is 5.95 Å². The van der Waals surface area contributed by atoms with E-state index in [-0.39, 0.29) is 30.8 Å². The summed E-state index contributed by atoms with van der Waals surface area (Å²) in [4.78, 5) is 28.3. The summed E-state index contributed by atoms with van der Waals surface area (Å²) in [5, 5.41) is 4.00. The van der Waals surface area contributed by atoms with Gasteiger partial charge in [0.05, 0.1) is 13.0 Å². The number of ether oxygens (including phenoxy) is 1. The predicted octanol–water partition coefficient (Wildman–Crippen LogP) is -1.08. The molecule has 17 heavy (non-hydrogen) atoms. The highest BCUT2D eigenvalue weighted by Crippen LogP contribution is 2.23. The molecule has 1 atom stereocenters. The molecule has 0 aliphatic carbocycles. The normalized spacial score (nSPS) is 19.8. The Balaban J connectivity index is 2.18. The summed E-state index contributed by atoms with van der Waals surface area (Å²) in [5.74, 6) is -0.621. The number of hydrogen-bond acceptors (Lipinski definition) is 6. The molecule has 0 bridgehead atoms. The van der Waals surface area contributed by atoms with Crippen LogP contribution in [0.3, 0.4) is 0 Å². The largest absolute Gasteiger partial charge is 0.469 e. The third-order valence-corrected chi connectivity index (χ3v) is 2.69. The first kappa shape index (κ1) is 11.4. The van der Waals surface area contributed by atoms with Crippen LogP contribution in [0, 0.1) is 5.92 Å². The number of carbonyl (C=O) groups excluding carboxylic acids is 2. The average Bonchev–Trinajstić information content (AvgIpc) is 2.82. The summed E-state index contributed by atoms with van der Waals surface area (Å²) in [6.07, 6.45) is 0.116. The fraction of sp³-hybridized carbons (Fsp3) is 0.556. The van der Waals surface area contributed by atoms with Gasteiger partial charge in [-0.2, -0.15) is 4.98 Å². The molecule has 0 aromatic carbocycles. The van der Waals surface area contributed by atoms with E-state index in [1.165, 1.54) is 16.7 Å². The number of nitrogens with zero attached hydrogens (tertiary/aromatic N) is 4. The highest BCUT2D eigenvalue weighted by atomic mass is 16.5. The van der Waals surface area contributed by atoms with Crippen molar-refractivity contribution in [3.8, 4) is 0 Å². The number of methoxy groups -OCH3 is 1. The average molecular weight is 239 g/mol. The van der Waals surface area contributed by atoms with E-state index in [0.29, 0.717) is 0 Å². The highest BCUT2D eigenvalue weighted by Gasteiger charge is 2.37. The van der Waals surface area contributed by atoms with Gasteiger partial charge in [-0.1, -0.05) is 0 Å². The van der Waals surface area contributed by atoms with Gasteiger partial charge in [-0.05, 0) is 0 Å². The molecule has 1 saturated heterocycles. The Morgan fingerprint density at radius 3 is 2.82 bits per heavy atom. The zero-order valence-corrected chi connectivity index (χ0v) is 9.58. The maximum Gasteiger partial charge on any atom is 0.311 e. The molecule has 1 aromatic heterocycles. The molecule has 0 spiro atoms. The molecule has 92 valence electrons. The van der Waals surface area contributed by atoms with E-state index in [4.69, 9.17) is 5.73 Å². The van der Waals surface area contributed by atoms with Crippen molar-refractivity contribution < 1.29 is 14.3 Å². The van der Waals surface area contributed by atoms with Crippen molar-refractivity contribution in [2.45, 2.75) is 6.42 Å². The van der Waals surface area contributed by atoms with Crippen LogP contribution in [0.15, 0.2) is 0 Å². The van der Waals surface area contributed by atoms with Crippen molar-refractivity contribution in [3.05, 3.63) is 0 Å². The van der Waals surface area contributed by atoms with Gasteiger partial charge in [0.2, 0.25) is 11.9 Å². The SMILES string of the molecule is COC(=O)C1CC(=O)N(c2nc(N)n(C)n2)C1. The predicted molar refractivity (Wildman–Crippen MR) is 57.9 cm³/mol. The van der Waals surface area contributed by atoms with Crippen molar-refractivity contribution in [2.24, 2.45) is 13.0 Å². The van der Waals surface area contributed by atoms with E-state index in [2.05, 4.69) is 14.8 Å². The van der Waals surface area contributed by atoms with Crippen LogP contribution in [-0.2, 0) is 21.4 Å². The molecule has 2 rings (SSSR count). The van der Waals surface area contributed by atoms with Gasteiger partial charge in [0.15, 0.2) is 0 Å². The standard InChI is InChI=1S/C9H13N5O3/c1-13-8(10)11-9(12-13)14-4-5(3-6(14)15)7(16)17-2/h5H,3-4H2,1-2H3,(H2,10,11,12). The number of aryl methyl sites for hydroxylation is 1. The second kappa shape index (κ2) is 4.04. The van der Waals surface area contributed by atoms with Crippen LogP contribution in [0.1, 0.15) is 6.42 Å².